The van der Waals surface area contributed by atoms with Gasteiger partial charge in [-0.2, -0.15) is 0 Å². The fourth-order valence-corrected chi connectivity index (χ4v) is 2.10. The Kier molecular flexibility index (Phi) is 4.89. The predicted molar refractivity (Wildman–Crippen MR) is 61.4 cm³/mol. The van der Waals surface area contributed by atoms with Crippen molar-refractivity contribution in [2.75, 3.05) is 13.7 Å². The van der Waals surface area contributed by atoms with E-state index in [-0.39, 0.29) is 12.7 Å². The molecular formula is C10H11ClF2O4S. The van der Waals surface area contributed by atoms with Crippen molar-refractivity contribution in [3.05, 3.63) is 23.8 Å². The molecule has 4 nitrogen and oxygen atoms in total. The molecule has 0 spiro atoms. The molecule has 18 heavy (non-hydrogen) atoms. The van der Waals surface area contributed by atoms with Crippen molar-refractivity contribution in [2.24, 2.45) is 0 Å². The molecule has 8 heteroatoms. The minimum Gasteiger partial charge on any atom is -0.486 e. The molecule has 0 saturated carbocycles. The average molecular weight is 301 g/mol. The molecule has 0 N–H and O–H groups in total. The third-order valence-electron chi connectivity index (χ3n) is 2.10. The predicted octanol–water partition coefficient (Wildman–Crippen LogP) is 2.31. The summed E-state index contributed by atoms with van der Waals surface area (Å²) in [5, 5.41) is 0. The van der Waals surface area contributed by atoms with Crippen molar-refractivity contribution in [1.82, 2.24) is 0 Å². The van der Waals surface area contributed by atoms with Crippen LogP contribution in [-0.2, 0) is 13.8 Å². The number of benzene rings is 1. The Bertz CT molecular complexity index is 533. The van der Waals surface area contributed by atoms with Crippen molar-refractivity contribution >= 4 is 19.7 Å². The highest BCUT2D eigenvalue weighted by Gasteiger charge is 2.23. The summed E-state index contributed by atoms with van der Waals surface area (Å²) in [5.41, 5.74) is 0. The van der Waals surface area contributed by atoms with Gasteiger partial charge in [0.2, 0.25) is 0 Å². The molecule has 0 bridgehead atoms. The van der Waals surface area contributed by atoms with Gasteiger partial charge in [0.25, 0.3) is 9.05 Å². The largest absolute Gasteiger partial charge is 0.486 e. The number of hydrogen-bond acceptors (Lipinski definition) is 4. The van der Waals surface area contributed by atoms with E-state index in [9.17, 15) is 17.2 Å². The van der Waals surface area contributed by atoms with Crippen LogP contribution in [0.25, 0.3) is 0 Å². The van der Waals surface area contributed by atoms with Crippen LogP contribution in [-0.4, -0.2) is 28.2 Å². The van der Waals surface area contributed by atoms with E-state index in [1.807, 2.05) is 0 Å². The SMILES string of the molecule is COC(C)COc1c(F)cc(F)cc1S(=O)(=O)Cl. The van der Waals surface area contributed by atoms with Gasteiger partial charge in [-0.05, 0) is 13.0 Å². The molecule has 0 heterocycles. The van der Waals surface area contributed by atoms with Crippen LogP contribution in [0, 0.1) is 11.6 Å². The lowest BCUT2D eigenvalue weighted by Gasteiger charge is -2.14. The Balaban J connectivity index is 3.17. The zero-order chi connectivity index (χ0) is 13.9. The molecule has 0 aliphatic carbocycles. The minimum atomic E-state index is -4.31. The summed E-state index contributed by atoms with van der Waals surface area (Å²) < 4.78 is 58.6. The van der Waals surface area contributed by atoms with Gasteiger partial charge in [0.15, 0.2) is 11.6 Å². The number of halogens is 3. The van der Waals surface area contributed by atoms with E-state index in [1.54, 1.807) is 6.92 Å². The first-order valence-corrected chi connectivity index (χ1v) is 7.16. The third-order valence-corrected chi connectivity index (χ3v) is 3.43. The van der Waals surface area contributed by atoms with Gasteiger partial charge in [0.1, 0.15) is 17.3 Å². The number of ether oxygens (including phenoxy) is 2. The van der Waals surface area contributed by atoms with E-state index in [2.05, 4.69) is 0 Å². The molecule has 0 radical (unpaired) electrons. The highest BCUT2D eigenvalue weighted by molar-refractivity contribution is 8.13. The van der Waals surface area contributed by atoms with Crippen molar-refractivity contribution in [2.45, 2.75) is 17.9 Å². The first kappa shape index (κ1) is 15.1. The van der Waals surface area contributed by atoms with Gasteiger partial charge in [0, 0.05) is 23.9 Å². The van der Waals surface area contributed by atoms with Gasteiger partial charge in [-0.3, -0.25) is 0 Å². The summed E-state index contributed by atoms with van der Waals surface area (Å²) in [6.07, 6.45) is -0.389. The van der Waals surface area contributed by atoms with Crippen molar-refractivity contribution in [3.63, 3.8) is 0 Å². The second kappa shape index (κ2) is 5.81. The zero-order valence-electron chi connectivity index (χ0n) is 9.61. The molecule has 0 amide bonds. The van der Waals surface area contributed by atoms with Crippen LogP contribution in [0.1, 0.15) is 6.92 Å². The molecule has 0 saturated heterocycles. The number of methoxy groups -OCH3 is 1. The van der Waals surface area contributed by atoms with E-state index in [4.69, 9.17) is 20.2 Å². The highest BCUT2D eigenvalue weighted by atomic mass is 35.7. The van der Waals surface area contributed by atoms with Gasteiger partial charge >= 0.3 is 0 Å². The van der Waals surface area contributed by atoms with E-state index in [1.165, 1.54) is 7.11 Å². The average Bonchev–Trinajstić information content (AvgIpc) is 2.25. The molecule has 0 fully saturated rings. The van der Waals surface area contributed by atoms with E-state index < -0.39 is 31.3 Å². The maximum atomic E-state index is 13.5. The Labute approximate surface area is 108 Å². The van der Waals surface area contributed by atoms with Gasteiger partial charge in [-0.1, -0.05) is 0 Å². The fraction of sp³-hybridized carbons (Fsp3) is 0.400. The smallest absolute Gasteiger partial charge is 0.265 e. The van der Waals surface area contributed by atoms with Crippen LogP contribution in [0.3, 0.4) is 0 Å². The molecule has 0 aliphatic heterocycles. The molecule has 1 unspecified atom stereocenters. The lowest BCUT2D eigenvalue weighted by atomic mass is 10.3. The van der Waals surface area contributed by atoms with E-state index in [0.717, 1.165) is 0 Å². The molecular weight excluding hydrogens is 290 g/mol. The second-order valence-corrected chi connectivity index (χ2v) is 6.04. The molecule has 1 aromatic rings. The van der Waals surface area contributed by atoms with Crippen molar-refractivity contribution < 1.29 is 26.7 Å². The quantitative estimate of drug-likeness (QED) is 0.783. The molecule has 1 aromatic carbocycles. The van der Waals surface area contributed by atoms with Crippen molar-refractivity contribution in [3.8, 4) is 5.75 Å². The van der Waals surface area contributed by atoms with Crippen molar-refractivity contribution in [1.29, 1.82) is 0 Å². The zero-order valence-corrected chi connectivity index (χ0v) is 11.2. The van der Waals surface area contributed by atoms with Crippen LogP contribution in [0.2, 0.25) is 0 Å². The Hall–Kier alpha value is -0.920. The number of hydrogen-bond donors (Lipinski definition) is 0. The summed E-state index contributed by atoms with van der Waals surface area (Å²) in [5.74, 6) is -2.81. The summed E-state index contributed by atoms with van der Waals surface area (Å²) in [6.45, 7) is 1.54. The standard InChI is InChI=1S/C10H11ClF2O4S/c1-6(16-2)5-17-10-8(13)3-7(12)4-9(10)18(11,14)15/h3-4,6H,5H2,1-2H3. The fourth-order valence-electron chi connectivity index (χ4n) is 1.13. The minimum absolute atomic E-state index is 0.0987. The van der Waals surface area contributed by atoms with Crippen LogP contribution >= 0.6 is 10.7 Å². The van der Waals surface area contributed by atoms with Crippen LogP contribution in [0.5, 0.6) is 5.75 Å². The first-order chi connectivity index (χ1) is 8.25. The monoisotopic (exact) mass is 300 g/mol. The van der Waals surface area contributed by atoms with Crippen LogP contribution in [0.4, 0.5) is 8.78 Å². The van der Waals surface area contributed by atoms with E-state index >= 15 is 0 Å². The van der Waals surface area contributed by atoms with Crippen LogP contribution in [0.15, 0.2) is 17.0 Å². The second-order valence-electron chi connectivity index (χ2n) is 3.51. The molecule has 0 aromatic heterocycles. The summed E-state index contributed by atoms with van der Waals surface area (Å²) in [7, 11) is 2.19. The maximum absolute atomic E-state index is 13.5. The lowest BCUT2D eigenvalue weighted by molar-refractivity contribution is 0.0689. The lowest BCUT2D eigenvalue weighted by Crippen LogP contribution is -2.17. The summed E-state index contributed by atoms with van der Waals surface area (Å²) >= 11 is 0. The summed E-state index contributed by atoms with van der Waals surface area (Å²) in [4.78, 5) is -0.745. The number of rotatable bonds is 5. The molecule has 102 valence electrons. The third kappa shape index (κ3) is 3.79. The molecule has 0 aliphatic rings. The molecule has 1 rings (SSSR count). The first-order valence-electron chi connectivity index (χ1n) is 4.85. The highest BCUT2D eigenvalue weighted by Crippen LogP contribution is 2.31. The maximum Gasteiger partial charge on any atom is 0.265 e. The van der Waals surface area contributed by atoms with Crippen LogP contribution < -0.4 is 4.74 Å². The van der Waals surface area contributed by atoms with Gasteiger partial charge < -0.3 is 9.47 Å². The van der Waals surface area contributed by atoms with Gasteiger partial charge in [-0.15, -0.1) is 0 Å². The van der Waals surface area contributed by atoms with E-state index in [0.29, 0.717) is 12.1 Å². The Morgan fingerprint density at radius 1 is 1.39 bits per heavy atom. The molecule has 1 atom stereocenters. The Morgan fingerprint density at radius 2 is 2.00 bits per heavy atom. The summed E-state index contributed by atoms with van der Waals surface area (Å²) in [6, 6.07) is 1.11. The Morgan fingerprint density at radius 3 is 2.50 bits per heavy atom. The topological polar surface area (TPSA) is 52.6 Å². The normalized spacial score (nSPS) is 13.4. The van der Waals surface area contributed by atoms with Gasteiger partial charge in [-0.25, -0.2) is 17.2 Å². The van der Waals surface area contributed by atoms with Gasteiger partial charge in [0.05, 0.1) is 6.10 Å².